The van der Waals surface area contributed by atoms with E-state index in [-0.39, 0.29) is 11.9 Å². The fourth-order valence-electron chi connectivity index (χ4n) is 3.43. The molecular formula is C19H20N4O. The monoisotopic (exact) mass is 320 g/mol. The molecule has 0 saturated carbocycles. The molecule has 122 valence electrons. The van der Waals surface area contributed by atoms with Gasteiger partial charge in [-0.3, -0.25) is 9.78 Å². The van der Waals surface area contributed by atoms with E-state index >= 15 is 0 Å². The van der Waals surface area contributed by atoms with E-state index < -0.39 is 0 Å². The van der Waals surface area contributed by atoms with Gasteiger partial charge < -0.3 is 9.88 Å². The van der Waals surface area contributed by atoms with E-state index in [0.29, 0.717) is 6.42 Å². The lowest BCUT2D eigenvalue weighted by molar-refractivity contribution is -0.131. The van der Waals surface area contributed by atoms with Crippen LogP contribution in [-0.2, 0) is 11.2 Å². The lowest BCUT2D eigenvalue weighted by Crippen LogP contribution is -2.32. The van der Waals surface area contributed by atoms with Crippen molar-refractivity contribution in [2.75, 3.05) is 6.54 Å². The van der Waals surface area contributed by atoms with Gasteiger partial charge in [0.25, 0.3) is 0 Å². The lowest BCUT2D eigenvalue weighted by Gasteiger charge is -2.23. The Morgan fingerprint density at radius 2 is 2.29 bits per heavy atom. The molecule has 1 aliphatic heterocycles. The van der Waals surface area contributed by atoms with Gasteiger partial charge >= 0.3 is 0 Å². The van der Waals surface area contributed by atoms with Crippen LogP contribution in [-0.4, -0.2) is 32.3 Å². The summed E-state index contributed by atoms with van der Waals surface area (Å²) in [5, 5.41) is 0. The molecule has 0 unspecified atom stereocenters. The first-order valence-electron chi connectivity index (χ1n) is 8.35. The summed E-state index contributed by atoms with van der Waals surface area (Å²) in [7, 11) is 0. The van der Waals surface area contributed by atoms with Crippen molar-refractivity contribution in [3.8, 4) is 0 Å². The number of imidazole rings is 1. The number of fused-ring (bicyclic) bond motifs is 1. The van der Waals surface area contributed by atoms with Gasteiger partial charge in [-0.2, -0.15) is 0 Å². The van der Waals surface area contributed by atoms with Crippen LogP contribution in [0.15, 0.2) is 42.7 Å². The van der Waals surface area contributed by atoms with Crippen molar-refractivity contribution >= 4 is 16.9 Å². The van der Waals surface area contributed by atoms with Crippen LogP contribution < -0.4 is 0 Å². The van der Waals surface area contributed by atoms with Crippen LogP contribution in [0, 0.1) is 6.92 Å². The van der Waals surface area contributed by atoms with Crippen LogP contribution in [0.25, 0.3) is 11.0 Å². The number of hydrogen-bond donors (Lipinski definition) is 1. The van der Waals surface area contributed by atoms with Crippen molar-refractivity contribution < 1.29 is 4.79 Å². The third-order valence-corrected chi connectivity index (χ3v) is 4.62. The van der Waals surface area contributed by atoms with Crippen LogP contribution >= 0.6 is 0 Å². The zero-order valence-electron chi connectivity index (χ0n) is 13.7. The number of aromatic amines is 1. The predicted molar refractivity (Wildman–Crippen MR) is 92.5 cm³/mol. The number of aryl methyl sites for hydroxylation is 1. The second kappa shape index (κ2) is 6.07. The van der Waals surface area contributed by atoms with Crippen molar-refractivity contribution in [1.29, 1.82) is 0 Å². The number of rotatable bonds is 3. The highest BCUT2D eigenvalue weighted by Gasteiger charge is 2.31. The maximum Gasteiger partial charge on any atom is 0.227 e. The highest BCUT2D eigenvalue weighted by atomic mass is 16.2. The molecule has 0 radical (unpaired) electrons. The van der Waals surface area contributed by atoms with Crippen LogP contribution in [0.2, 0.25) is 0 Å². The number of amides is 1. The molecule has 1 saturated heterocycles. The number of aromatic nitrogens is 3. The number of hydrogen-bond acceptors (Lipinski definition) is 3. The average molecular weight is 320 g/mol. The Morgan fingerprint density at radius 1 is 1.38 bits per heavy atom. The van der Waals surface area contributed by atoms with E-state index in [4.69, 9.17) is 4.98 Å². The van der Waals surface area contributed by atoms with Gasteiger partial charge in [-0.05, 0) is 49.1 Å². The summed E-state index contributed by atoms with van der Waals surface area (Å²) in [6.07, 6.45) is 5.84. The molecule has 24 heavy (non-hydrogen) atoms. The summed E-state index contributed by atoms with van der Waals surface area (Å²) in [5.41, 5.74) is 4.15. The van der Waals surface area contributed by atoms with Gasteiger partial charge in [0.2, 0.25) is 5.91 Å². The predicted octanol–water partition coefficient (Wildman–Crippen LogP) is 3.17. The molecule has 1 N–H and O–H groups in total. The molecule has 5 heteroatoms. The maximum absolute atomic E-state index is 12.7. The highest BCUT2D eigenvalue weighted by molar-refractivity contribution is 5.80. The first-order valence-corrected chi connectivity index (χ1v) is 8.35. The van der Waals surface area contributed by atoms with E-state index in [2.05, 4.69) is 29.0 Å². The zero-order valence-corrected chi connectivity index (χ0v) is 13.7. The molecular weight excluding hydrogens is 300 g/mol. The normalized spacial score (nSPS) is 17.5. The Labute approximate surface area is 140 Å². The number of carbonyl (C=O) groups is 1. The van der Waals surface area contributed by atoms with Gasteiger partial charge in [0.15, 0.2) is 0 Å². The molecule has 0 aliphatic carbocycles. The molecule has 3 aromatic rings. The maximum atomic E-state index is 12.7. The van der Waals surface area contributed by atoms with Crippen molar-refractivity contribution in [3.05, 3.63) is 59.7 Å². The molecule has 1 atom stereocenters. The summed E-state index contributed by atoms with van der Waals surface area (Å²) in [5.74, 6) is 1.04. The van der Waals surface area contributed by atoms with Gasteiger partial charge in [-0.1, -0.05) is 12.1 Å². The van der Waals surface area contributed by atoms with E-state index in [9.17, 15) is 4.79 Å². The number of benzene rings is 1. The smallest absolute Gasteiger partial charge is 0.227 e. The molecule has 0 spiro atoms. The fourth-order valence-corrected chi connectivity index (χ4v) is 3.43. The van der Waals surface area contributed by atoms with Crippen molar-refractivity contribution in [1.82, 2.24) is 19.9 Å². The molecule has 1 fully saturated rings. The van der Waals surface area contributed by atoms with Crippen LogP contribution in [0.4, 0.5) is 0 Å². The van der Waals surface area contributed by atoms with Crippen LogP contribution in [0.3, 0.4) is 0 Å². The topological polar surface area (TPSA) is 61.9 Å². The quantitative estimate of drug-likeness (QED) is 0.806. The molecule has 4 rings (SSSR count). The first-order chi connectivity index (χ1) is 11.7. The van der Waals surface area contributed by atoms with E-state index in [1.54, 1.807) is 12.4 Å². The lowest BCUT2D eigenvalue weighted by atomic mass is 10.1. The first kappa shape index (κ1) is 14.9. The SMILES string of the molecule is Cc1ccc2nc([C@H]3CCCN3C(=O)Cc3cccnc3)[nH]c2c1. The van der Waals surface area contributed by atoms with Gasteiger partial charge in [-0.25, -0.2) is 4.98 Å². The number of H-pyrrole nitrogens is 1. The number of nitrogens with zero attached hydrogens (tertiary/aromatic N) is 3. The Bertz CT molecular complexity index is 871. The zero-order chi connectivity index (χ0) is 16.5. The molecule has 2 aromatic heterocycles. The van der Waals surface area contributed by atoms with Gasteiger partial charge in [0, 0.05) is 18.9 Å². The average Bonchev–Trinajstić information content (AvgIpc) is 3.21. The summed E-state index contributed by atoms with van der Waals surface area (Å²) in [4.78, 5) is 26.9. The standard InChI is InChI=1S/C19H20N4O/c1-13-6-7-15-16(10-13)22-19(21-15)17-5-3-9-23(17)18(24)11-14-4-2-8-20-12-14/h2,4,6-8,10,12,17H,3,5,9,11H2,1H3,(H,21,22)/t17-/m1/s1. The molecule has 1 amide bonds. The van der Waals surface area contributed by atoms with E-state index in [1.165, 1.54) is 5.56 Å². The second-order valence-corrected chi connectivity index (χ2v) is 6.43. The van der Waals surface area contributed by atoms with Crippen molar-refractivity contribution in [2.24, 2.45) is 0 Å². The highest BCUT2D eigenvalue weighted by Crippen LogP contribution is 2.32. The molecule has 5 nitrogen and oxygen atoms in total. The summed E-state index contributed by atoms with van der Waals surface area (Å²) in [6, 6.07) is 10.0. The van der Waals surface area contributed by atoms with Gasteiger partial charge in [-0.15, -0.1) is 0 Å². The molecule has 1 aliphatic rings. The summed E-state index contributed by atoms with van der Waals surface area (Å²) in [6.45, 7) is 2.86. The molecule has 0 bridgehead atoms. The third kappa shape index (κ3) is 2.77. The Kier molecular flexibility index (Phi) is 3.76. The minimum atomic E-state index is 0.0434. The molecule has 1 aromatic carbocycles. The third-order valence-electron chi connectivity index (χ3n) is 4.62. The largest absolute Gasteiger partial charge is 0.340 e. The van der Waals surface area contributed by atoms with E-state index in [1.807, 2.05) is 23.1 Å². The van der Waals surface area contributed by atoms with Crippen LogP contribution in [0.1, 0.15) is 35.8 Å². The summed E-state index contributed by atoms with van der Waals surface area (Å²) >= 11 is 0. The number of carbonyl (C=O) groups excluding carboxylic acids is 1. The van der Waals surface area contributed by atoms with Crippen molar-refractivity contribution in [3.63, 3.8) is 0 Å². The minimum Gasteiger partial charge on any atom is -0.340 e. The fraction of sp³-hybridized carbons (Fsp3) is 0.316. The summed E-state index contributed by atoms with van der Waals surface area (Å²) < 4.78 is 0. The number of nitrogens with one attached hydrogen (secondary N) is 1. The Morgan fingerprint density at radius 3 is 3.12 bits per heavy atom. The minimum absolute atomic E-state index is 0.0434. The van der Waals surface area contributed by atoms with Gasteiger partial charge in [0.05, 0.1) is 23.5 Å². The van der Waals surface area contributed by atoms with Crippen molar-refractivity contribution in [2.45, 2.75) is 32.2 Å². The number of pyridine rings is 1. The van der Waals surface area contributed by atoms with E-state index in [0.717, 1.165) is 41.8 Å². The number of likely N-dealkylation sites (tertiary alicyclic amines) is 1. The molecule has 3 heterocycles. The second-order valence-electron chi connectivity index (χ2n) is 6.43. The Balaban J connectivity index is 1.58. The Hall–Kier alpha value is -2.69. The van der Waals surface area contributed by atoms with Gasteiger partial charge in [0.1, 0.15) is 5.82 Å². The van der Waals surface area contributed by atoms with Crippen LogP contribution in [0.5, 0.6) is 0 Å².